The van der Waals surface area contributed by atoms with Gasteiger partial charge in [-0.05, 0) is 18.7 Å². The molecule has 0 aliphatic heterocycles. The molecule has 0 heterocycles. The van der Waals surface area contributed by atoms with E-state index in [9.17, 15) is 18.4 Å². The van der Waals surface area contributed by atoms with Crippen LogP contribution in [0.4, 0.5) is 14.5 Å². The summed E-state index contributed by atoms with van der Waals surface area (Å²) >= 11 is 0. The molecule has 1 rings (SSSR count). The standard InChI is InChI=1S/C14H18F2N2O3/c1-3-18(7-9(2)14(20)21)8-13(19)17-12-5-10(15)4-11(16)6-12/h4-6,9H,3,7-8H2,1-2H3,(H,17,19)(H,20,21). The van der Waals surface area contributed by atoms with Gasteiger partial charge in [0, 0.05) is 18.3 Å². The van der Waals surface area contributed by atoms with Crippen LogP contribution in [0.1, 0.15) is 13.8 Å². The molecule has 0 aromatic heterocycles. The second kappa shape index (κ2) is 7.68. The molecule has 1 amide bonds. The molecule has 116 valence electrons. The largest absolute Gasteiger partial charge is 0.481 e. The lowest BCUT2D eigenvalue weighted by Gasteiger charge is -2.21. The number of carboxylic acids is 1. The van der Waals surface area contributed by atoms with Gasteiger partial charge < -0.3 is 10.4 Å². The number of nitrogens with zero attached hydrogens (tertiary/aromatic N) is 1. The zero-order valence-corrected chi connectivity index (χ0v) is 11.9. The normalized spacial score (nSPS) is 12.2. The Morgan fingerprint density at radius 1 is 1.29 bits per heavy atom. The van der Waals surface area contributed by atoms with Gasteiger partial charge in [0.05, 0.1) is 12.5 Å². The highest BCUT2D eigenvalue weighted by atomic mass is 19.1. The summed E-state index contributed by atoms with van der Waals surface area (Å²) in [7, 11) is 0. The van der Waals surface area contributed by atoms with Crippen molar-refractivity contribution in [1.29, 1.82) is 0 Å². The summed E-state index contributed by atoms with van der Waals surface area (Å²) in [6, 6.07) is 2.73. The van der Waals surface area contributed by atoms with Crippen molar-refractivity contribution >= 4 is 17.6 Å². The minimum Gasteiger partial charge on any atom is -0.481 e. The number of carbonyl (C=O) groups is 2. The van der Waals surface area contributed by atoms with Gasteiger partial charge in [0.2, 0.25) is 5.91 Å². The molecule has 2 N–H and O–H groups in total. The predicted molar refractivity (Wildman–Crippen MR) is 73.9 cm³/mol. The van der Waals surface area contributed by atoms with E-state index in [1.807, 2.05) is 0 Å². The highest BCUT2D eigenvalue weighted by molar-refractivity contribution is 5.92. The summed E-state index contributed by atoms with van der Waals surface area (Å²) < 4.78 is 26.0. The van der Waals surface area contributed by atoms with Crippen LogP contribution in [0.3, 0.4) is 0 Å². The lowest BCUT2D eigenvalue weighted by atomic mass is 10.1. The second-order valence-corrected chi connectivity index (χ2v) is 4.77. The monoisotopic (exact) mass is 300 g/mol. The van der Waals surface area contributed by atoms with Crippen molar-refractivity contribution in [3.63, 3.8) is 0 Å². The Labute approximate surface area is 121 Å². The summed E-state index contributed by atoms with van der Waals surface area (Å²) in [4.78, 5) is 24.2. The van der Waals surface area contributed by atoms with E-state index in [4.69, 9.17) is 5.11 Å². The first-order chi connectivity index (χ1) is 9.81. The Kier molecular flexibility index (Phi) is 6.23. The molecule has 0 bridgehead atoms. The Balaban J connectivity index is 2.60. The fraction of sp³-hybridized carbons (Fsp3) is 0.429. The molecule has 21 heavy (non-hydrogen) atoms. The number of hydrogen-bond donors (Lipinski definition) is 2. The number of likely N-dealkylation sites (N-methyl/N-ethyl adjacent to an activating group) is 1. The van der Waals surface area contributed by atoms with E-state index in [0.717, 1.165) is 12.1 Å². The molecule has 1 unspecified atom stereocenters. The molecular weight excluding hydrogens is 282 g/mol. The summed E-state index contributed by atoms with van der Waals surface area (Å²) in [5.41, 5.74) is 0.0276. The first-order valence-corrected chi connectivity index (χ1v) is 6.53. The molecule has 0 radical (unpaired) electrons. The Hall–Kier alpha value is -2.02. The lowest BCUT2D eigenvalue weighted by Crippen LogP contribution is -2.37. The molecule has 0 saturated carbocycles. The van der Waals surface area contributed by atoms with Gasteiger partial charge in [-0.15, -0.1) is 0 Å². The van der Waals surface area contributed by atoms with Crippen molar-refractivity contribution in [3.05, 3.63) is 29.8 Å². The molecule has 1 aromatic rings. The van der Waals surface area contributed by atoms with Crippen LogP contribution in [-0.2, 0) is 9.59 Å². The number of hydrogen-bond acceptors (Lipinski definition) is 3. The number of amides is 1. The molecule has 0 aliphatic carbocycles. The topological polar surface area (TPSA) is 69.6 Å². The number of halogens is 2. The fourth-order valence-electron chi connectivity index (χ4n) is 1.80. The van der Waals surface area contributed by atoms with Gasteiger partial charge in [0.15, 0.2) is 0 Å². The minimum absolute atomic E-state index is 0.0276. The van der Waals surface area contributed by atoms with Crippen molar-refractivity contribution in [3.8, 4) is 0 Å². The SMILES string of the molecule is CCN(CC(=O)Nc1cc(F)cc(F)c1)CC(C)C(=O)O. The fourth-order valence-corrected chi connectivity index (χ4v) is 1.80. The summed E-state index contributed by atoms with van der Waals surface area (Å²) in [5.74, 6) is -3.57. The Morgan fingerprint density at radius 2 is 1.86 bits per heavy atom. The average molecular weight is 300 g/mol. The maximum absolute atomic E-state index is 13.0. The molecule has 0 spiro atoms. The van der Waals surface area contributed by atoms with Gasteiger partial charge in [-0.2, -0.15) is 0 Å². The second-order valence-electron chi connectivity index (χ2n) is 4.77. The van der Waals surface area contributed by atoms with Crippen LogP contribution in [0, 0.1) is 17.6 Å². The van der Waals surface area contributed by atoms with E-state index in [1.54, 1.807) is 18.7 Å². The minimum atomic E-state index is -0.943. The first kappa shape index (κ1) is 17.0. The number of benzene rings is 1. The average Bonchev–Trinajstić information content (AvgIpc) is 2.36. The van der Waals surface area contributed by atoms with E-state index in [-0.39, 0.29) is 18.8 Å². The summed E-state index contributed by atoms with van der Waals surface area (Å²) in [6.45, 7) is 4.00. The molecule has 0 aliphatic rings. The number of aliphatic carboxylic acids is 1. The van der Waals surface area contributed by atoms with Crippen LogP contribution in [0.2, 0.25) is 0 Å². The number of carbonyl (C=O) groups excluding carboxylic acids is 1. The van der Waals surface area contributed by atoms with Crippen molar-refractivity contribution in [2.24, 2.45) is 5.92 Å². The number of nitrogens with one attached hydrogen (secondary N) is 1. The smallest absolute Gasteiger partial charge is 0.307 e. The molecule has 1 aromatic carbocycles. The van der Waals surface area contributed by atoms with E-state index in [0.29, 0.717) is 12.6 Å². The third kappa shape index (κ3) is 5.86. The van der Waals surface area contributed by atoms with Crippen LogP contribution in [0.15, 0.2) is 18.2 Å². The van der Waals surface area contributed by atoms with E-state index < -0.39 is 29.4 Å². The van der Waals surface area contributed by atoms with Crippen LogP contribution in [0.25, 0.3) is 0 Å². The third-order valence-electron chi connectivity index (χ3n) is 2.91. The molecule has 1 atom stereocenters. The third-order valence-corrected chi connectivity index (χ3v) is 2.91. The zero-order valence-electron chi connectivity index (χ0n) is 11.9. The van der Waals surface area contributed by atoms with Gasteiger partial charge in [-0.25, -0.2) is 8.78 Å². The van der Waals surface area contributed by atoms with Crippen molar-refractivity contribution in [1.82, 2.24) is 4.90 Å². The maximum Gasteiger partial charge on any atom is 0.307 e. The molecule has 0 fully saturated rings. The molecular formula is C14H18F2N2O3. The lowest BCUT2D eigenvalue weighted by molar-refractivity contribution is -0.142. The van der Waals surface area contributed by atoms with E-state index in [2.05, 4.69) is 5.32 Å². The van der Waals surface area contributed by atoms with Gasteiger partial charge in [0.25, 0.3) is 0 Å². The number of carboxylic acid groups (broad SMARTS) is 1. The number of rotatable bonds is 7. The van der Waals surface area contributed by atoms with Crippen molar-refractivity contribution < 1.29 is 23.5 Å². The van der Waals surface area contributed by atoms with Crippen LogP contribution in [-0.4, -0.2) is 41.5 Å². The zero-order chi connectivity index (χ0) is 16.0. The van der Waals surface area contributed by atoms with E-state index in [1.165, 1.54) is 0 Å². The maximum atomic E-state index is 13.0. The van der Waals surface area contributed by atoms with E-state index >= 15 is 0 Å². The molecule has 7 heteroatoms. The highest BCUT2D eigenvalue weighted by Gasteiger charge is 2.17. The van der Waals surface area contributed by atoms with Crippen LogP contribution in [0.5, 0.6) is 0 Å². The highest BCUT2D eigenvalue weighted by Crippen LogP contribution is 2.13. The van der Waals surface area contributed by atoms with Crippen molar-refractivity contribution in [2.45, 2.75) is 13.8 Å². The first-order valence-electron chi connectivity index (χ1n) is 6.53. The van der Waals surface area contributed by atoms with Crippen molar-refractivity contribution in [2.75, 3.05) is 25.0 Å². The summed E-state index contributed by atoms with van der Waals surface area (Å²) in [5, 5.41) is 11.2. The quantitative estimate of drug-likeness (QED) is 0.807. The molecule has 0 saturated heterocycles. The Bertz CT molecular complexity index is 503. The number of anilines is 1. The Morgan fingerprint density at radius 3 is 2.33 bits per heavy atom. The predicted octanol–water partition coefficient (Wildman–Crippen LogP) is 1.95. The van der Waals surface area contributed by atoms with Gasteiger partial charge in [-0.3, -0.25) is 14.5 Å². The van der Waals surface area contributed by atoms with Gasteiger partial charge in [-0.1, -0.05) is 13.8 Å². The van der Waals surface area contributed by atoms with Gasteiger partial charge in [0.1, 0.15) is 11.6 Å². The molecule has 5 nitrogen and oxygen atoms in total. The summed E-state index contributed by atoms with van der Waals surface area (Å²) in [6.07, 6.45) is 0. The van der Waals surface area contributed by atoms with Crippen LogP contribution < -0.4 is 5.32 Å². The van der Waals surface area contributed by atoms with Crippen LogP contribution >= 0.6 is 0 Å². The van der Waals surface area contributed by atoms with Gasteiger partial charge >= 0.3 is 5.97 Å².